The van der Waals surface area contributed by atoms with E-state index in [1.807, 2.05) is 17.0 Å². The van der Waals surface area contributed by atoms with E-state index >= 15 is 0 Å². The van der Waals surface area contributed by atoms with Gasteiger partial charge in [0.2, 0.25) is 5.91 Å². The van der Waals surface area contributed by atoms with E-state index in [1.54, 1.807) is 11.3 Å². The molecule has 1 aliphatic heterocycles. The molecule has 0 aliphatic carbocycles. The molecule has 0 spiro atoms. The summed E-state index contributed by atoms with van der Waals surface area (Å²) in [4.78, 5) is 15.0. The summed E-state index contributed by atoms with van der Waals surface area (Å²) in [6.45, 7) is 1.75. The van der Waals surface area contributed by atoms with Crippen molar-refractivity contribution in [2.24, 2.45) is 5.73 Å². The normalized spacial score (nSPS) is 17.8. The highest BCUT2D eigenvalue weighted by atomic mass is 79.9. The Bertz CT molecular complexity index is 374. The average molecular weight is 303 g/mol. The summed E-state index contributed by atoms with van der Waals surface area (Å²) in [5.74, 6) is 0.0991. The van der Waals surface area contributed by atoms with Crippen molar-refractivity contribution in [1.82, 2.24) is 4.90 Å². The molecule has 2 rings (SSSR count). The van der Waals surface area contributed by atoms with Gasteiger partial charge in [0.1, 0.15) is 0 Å². The molecule has 2 N–H and O–H groups in total. The number of amides is 1. The molecular weight excluding hydrogens is 288 g/mol. The Morgan fingerprint density at radius 2 is 2.19 bits per heavy atom. The van der Waals surface area contributed by atoms with Gasteiger partial charge in [-0.15, -0.1) is 11.3 Å². The zero-order valence-corrected chi connectivity index (χ0v) is 11.4. The summed E-state index contributed by atoms with van der Waals surface area (Å²) in [7, 11) is 0. The summed E-state index contributed by atoms with van der Waals surface area (Å²) in [6, 6.07) is 3.63. The molecule has 1 unspecified atom stereocenters. The van der Waals surface area contributed by atoms with Crippen LogP contribution in [0.15, 0.2) is 15.9 Å². The van der Waals surface area contributed by atoms with Crippen molar-refractivity contribution in [2.75, 3.05) is 13.1 Å². The smallest absolute Gasteiger partial charge is 0.239 e. The first-order valence-electron chi connectivity index (χ1n) is 5.45. The Labute approximate surface area is 108 Å². The number of nitrogens with two attached hydrogens (primary N) is 1. The van der Waals surface area contributed by atoms with Crippen LogP contribution >= 0.6 is 27.3 Å². The van der Waals surface area contributed by atoms with Crippen molar-refractivity contribution in [3.8, 4) is 0 Å². The lowest BCUT2D eigenvalue weighted by Crippen LogP contribution is -2.43. The Morgan fingerprint density at radius 3 is 2.75 bits per heavy atom. The Hall–Kier alpha value is -0.390. The minimum absolute atomic E-state index is 0.0991. The van der Waals surface area contributed by atoms with E-state index in [0.29, 0.717) is 6.42 Å². The maximum atomic E-state index is 12.0. The average Bonchev–Trinajstić information content (AvgIpc) is 2.88. The zero-order valence-electron chi connectivity index (χ0n) is 8.99. The maximum Gasteiger partial charge on any atom is 0.239 e. The molecule has 5 heteroatoms. The second-order valence-electron chi connectivity index (χ2n) is 4.05. The molecule has 3 nitrogen and oxygen atoms in total. The molecule has 88 valence electrons. The lowest BCUT2D eigenvalue weighted by atomic mass is 10.1. The van der Waals surface area contributed by atoms with Gasteiger partial charge in [0, 0.05) is 24.4 Å². The summed E-state index contributed by atoms with van der Waals surface area (Å²) in [5, 5.41) is 0. The van der Waals surface area contributed by atoms with Crippen molar-refractivity contribution in [1.29, 1.82) is 0 Å². The third-order valence-electron chi connectivity index (χ3n) is 2.78. The molecule has 1 aliphatic rings. The van der Waals surface area contributed by atoms with Gasteiger partial charge in [0.15, 0.2) is 0 Å². The van der Waals surface area contributed by atoms with Gasteiger partial charge in [-0.05, 0) is 40.9 Å². The minimum atomic E-state index is -0.386. The van der Waals surface area contributed by atoms with Gasteiger partial charge in [-0.1, -0.05) is 0 Å². The van der Waals surface area contributed by atoms with Crippen LogP contribution in [0.3, 0.4) is 0 Å². The lowest BCUT2D eigenvalue weighted by Gasteiger charge is -2.19. The van der Waals surface area contributed by atoms with Gasteiger partial charge in [-0.3, -0.25) is 4.79 Å². The second kappa shape index (κ2) is 5.29. The van der Waals surface area contributed by atoms with Gasteiger partial charge in [0.05, 0.1) is 9.83 Å². The Balaban J connectivity index is 1.91. The molecule has 0 saturated carbocycles. The highest BCUT2D eigenvalue weighted by Crippen LogP contribution is 2.23. The van der Waals surface area contributed by atoms with Crippen molar-refractivity contribution < 1.29 is 4.79 Å². The Kier molecular flexibility index (Phi) is 4.00. The largest absolute Gasteiger partial charge is 0.341 e. The first kappa shape index (κ1) is 12.1. The van der Waals surface area contributed by atoms with E-state index in [1.165, 1.54) is 0 Å². The number of hydrogen-bond donors (Lipinski definition) is 1. The minimum Gasteiger partial charge on any atom is -0.341 e. The molecule has 2 heterocycles. The first-order valence-corrected chi connectivity index (χ1v) is 7.06. The van der Waals surface area contributed by atoms with E-state index in [-0.39, 0.29) is 11.9 Å². The number of rotatable bonds is 3. The molecule has 1 amide bonds. The molecule has 0 radical (unpaired) electrons. The van der Waals surface area contributed by atoms with Crippen LogP contribution in [-0.4, -0.2) is 29.9 Å². The standard InChI is InChI=1S/C11H15BrN2OS/c12-10-4-3-8(16-10)7-9(13)11(15)14-5-1-2-6-14/h3-4,9H,1-2,5-7,13H2. The van der Waals surface area contributed by atoms with Gasteiger partial charge >= 0.3 is 0 Å². The highest BCUT2D eigenvalue weighted by Gasteiger charge is 2.23. The molecule has 1 aromatic heterocycles. The van der Waals surface area contributed by atoms with E-state index in [9.17, 15) is 4.79 Å². The number of nitrogens with zero attached hydrogens (tertiary/aromatic N) is 1. The van der Waals surface area contributed by atoms with E-state index in [2.05, 4.69) is 15.9 Å². The molecule has 0 bridgehead atoms. The number of likely N-dealkylation sites (tertiary alicyclic amines) is 1. The molecule has 1 atom stereocenters. The third kappa shape index (κ3) is 2.84. The van der Waals surface area contributed by atoms with Crippen LogP contribution in [-0.2, 0) is 11.2 Å². The summed E-state index contributed by atoms with van der Waals surface area (Å²) in [5.41, 5.74) is 5.94. The molecular formula is C11H15BrN2OS. The van der Waals surface area contributed by atoms with Crippen LogP contribution in [0.25, 0.3) is 0 Å². The van der Waals surface area contributed by atoms with E-state index in [0.717, 1.165) is 34.6 Å². The molecule has 1 aromatic rings. The molecule has 0 aromatic carbocycles. The summed E-state index contributed by atoms with van der Waals surface area (Å²) < 4.78 is 1.09. The predicted molar refractivity (Wildman–Crippen MR) is 69.5 cm³/mol. The third-order valence-corrected chi connectivity index (χ3v) is 4.43. The monoisotopic (exact) mass is 302 g/mol. The van der Waals surface area contributed by atoms with Crippen LogP contribution < -0.4 is 5.73 Å². The number of carbonyl (C=O) groups excluding carboxylic acids is 1. The summed E-state index contributed by atoms with van der Waals surface area (Å²) in [6.07, 6.45) is 2.87. The number of halogens is 1. The number of hydrogen-bond acceptors (Lipinski definition) is 3. The van der Waals surface area contributed by atoms with Crippen LogP contribution in [0.5, 0.6) is 0 Å². The van der Waals surface area contributed by atoms with Crippen LogP contribution in [0, 0.1) is 0 Å². The van der Waals surface area contributed by atoms with Crippen LogP contribution in [0.2, 0.25) is 0 Å². The second-order valence-corrected chi connectivity index (χ2v) is 6.60. The van der Waals surface area contributed by atoms with Gasteiger partial charge in [-0.25, -0.2) is 0 Å². The number of thiophene rings is 1. The van der Waals surface area contributed by atoms with Gasteiger partial charge < -0.3 is 10.6 Å². The van der Waals surface area contributed by atoms with Crippen LogP contribution in [0.1, 0.15) is 17.7 Å². The van der Waals surface area contributed by atoms with Crippen LogP contribution in [0.4, 0.5) is 0 Å². The summed E-state index contributed by atoms with van der Waals surface area (Å²) >= 11 is 5.05. The first-order chi connectivity index (χ1) is 7.66. The fourth-order valence-electron chi connectivity index (χ4n) is 1.94. The lowest BCUT2D eigenvalue weighted by molar-refractivity contribution is -0.131. The topological polar surface area (TPSA) is 46.3 Å². The SMILES string of the molecule is NC(Cc1ccc(Br)s1)C(=O)N1CCCC1. The maximum absolute atomic E-state index is 12.0. The van der Waals surface area contributed by atoms with Crippen molar-refractivity contribution in [3.05, 3.63) is 20.8 Å². The molecule has 1 saturated heterocycles. The van der Waals surface area contributed by atoms with Crippen molar-refractivity contribution in [3.63, 3.8) is 0 Å². The van der Waals surface area contributed by atoms with Gasteiger partial charge in [0.25, 0.3) is 0 Å². The fraction of sp³-hybridized carbons (Fsp3) is 0.545. The van der Waals surface area contributed by atoms with Crippen molar-refractivity contribution in [2.45, 2.75) is 25.3 Å². The fourth-order valence-corrected chi connectivity index (χ4v) is 3.48. The van der Waals surface area contributed by atoms with Gasteiger partial charge in [-0.2, -0.15) is 0 Å². The Morgan fingerprint density at radius 1 is 1.50 bits per heavy atom. The number of carbonyl (C=O) groups is 1. The van der Waals surface area contributed by atoms with Crippen molar-refractivity contribution >= 4 is 33.2 Å². The highest BCUT2D eigenvalue weighted by molar-refractivity contribution is 9.11. The zero-order chi connectivity index (χ0) is 11.5. The quantitative estimate of drug-likeness (QED) is 0.928. The van der Waals surface area contributed by atoms with E-state index < -0.39 is 0 Å². The van der Waals surface area contributed by atoms with E-state index in [4.69, 9.17) is 5.73 Å². The molecule has 16 heavy (non-hydrogen) atoms. The molecule has 1 fully saturated rings. The predicted octanol–water partition coefficient (Wildman–Crippen LogP) is 2.00.